The van der Waals surface area contributed by atoms with Gasteiger partial charge in [0.05, 0.1) is 0 Å². The molecule has 3 aromatic carbocycles. The SMILES string of the molecule is CCCCN(C)P1[C@H](c2ccccc2)c2ccccc2[C@H]1c1ccccc1. The van der Waals surface area contributed by atoms with Crippen LogP contribution in [0.2, 0.25) is 0 Å². The van der Waals surface area contributed by atoms with Gasteiger partial charge >= 0.3 is 0 Å². The fraction of sp³-hybridized carbons (Fsp3) is 0.280. The molecule has 0 fully saturated rings. The van der Waals surface area contributed by atoms with E-state index < -0.39 is 8.07 Å². The van der Waals surface area contributed by atoms with Gasteiger partial charge in [0.15, 0.2) is 0 Å². The van der Waals surface area contributed by atoms with E-state index in [4.69, 9.17) is 0 Å². The number of hydrogen-bond acceptors (Lipinski definition) is 1. The van der Waals surface area contributed by atoms with Crippen molar-refractivity contribution >= 4 is 8.07 Å². The van der Waals surface area contributed by atoms with Gasteiger partial charge in [-0.3, -0.25) is 4.67 Å². The largest absolute Gasteiger partial charge is 0.284 e. The van der Waals surface area contributed by atoms with Crippen LogP contribution in [-0.4, -0.2) is 18.3 Å². The zero-order valence-corrected chi connectivity index (χ0v) is 17.1. The molecule has 0 radical (unpaired) electrons. The molecule has 1 aliphatic rings. The molecule has 0 saturated heterocycles. The van der Waals surface area contributed by atoms with E-state index in [9.17, 15) is 0 Å². The van der Waals surface area contributed by atoms with Crippen LogP contribution in [0.5, 0.6) is 0 Å². The van der Waals surface area contributed by atoms with E-state index in [2.05, 4.69) is 104 Å². The Labute approximate surface area is 164 Å². The molecule has 1 aliphatic heterocycles. The Morgan fingerprint density at radius 2 is 1.15 bits per heavy atom. The monoisotopic (exact) mass is 373 g/mol. The molecule has 27 heavy (non-hydrogen) atoms. The van der Waals surface area contributed by atoms with Crippen molar-refractivity contribution in [3.05, 3.63) is 107 Å². The molecule has 0 N–H and O–H groups in total. The number of unbranched alkanes of at least 4 members (excludes halogenated alkanes) is 1. The van der Waals surface area contributed by atoms with Crippen molar-refractivity contribution < 1.29 is 0 Å². The molecule has 0 aromatic heterocycles. The third-order valence-corrected chi connectivity index (χ3v) is 8.77. The van der Waals surface area contributed by atoms with E-state index in [1.807, 2.05) is 0 Å². The minimum absolute atomic E-state index is 0.391. The highest BCUT2D eigenvalue weighted by Gasteiger charge is 2.43. The normalized spacial score (nSPS) is 19.4. The number of rotatable bonds is 6. The molecule has 2 atom stereocenters. The van der Waals surface area contributed by atoms with Crippen LogP contribution in [0.1, 0.15) is 53.3 Å². The first-order valence-electron chi connectivity index (χ1n) is 9.99. The fourth-order valence-corrected chi connectivity index (χ4v) is 7.73. The van der Waals surface area contributed by atoms with Gasteiger partial charge in [-0.05, 0) is 43.8 Å². The minimum atomic E-state index is -0.391. The Kier molecular flexibility index (Phi) is 5.72. The molecule has 0 spiro atoms. The molecule has 0 unspecified atom stereocenters. The van der Waals surface area contributed by atoms with E-state index in [0.717, 1.165) is 0 Å². The summed E-state index contributed by atoms with van der Waals surface area (Å²) in [5.74, 6) is 0. The van der Waals surface area contributed by atoms with Crippen molar-refractivity contribution in [3.63, 3.8) is 0 Å². The second-order valence-electron chi connectivity index (χ2n) is 7.37. The summed E-state index contributed by atoms with van der Waals surface area (Å²) >= 11 is 0. The quantitative estimate of drug-likeness (QED) is 0.420. The van der Waals surface area contributed by atoms with E-state index in [0.29, 0.717) is 11.3 Å². The highest BCUT2D eigenvalue weighted by atomic mass is 31.1. The lowest BCUT2D eigenvalue weighted by atomic mass is 9.95. The molecular weight excluding hydrogens is 345 g/mol. The smallest absolute Gasteiger partial charge is 0.0435 e. The van der Waals surface area contributed by atoms with Crippen molar-refractivity contribution in [2.24, 2.45) is 0 Å². The standard InChI is InChI=1S/C25H28NP/c1-3-4-19-26(2)27-24(20-13-7-5-8-14-20)22-17-11-12-18-23(22)25(27)21-15-9-6-10-16-21/h5-18,24-25H,3-4,19H2,1-2H3/t24-,25-/m1/s1. The average Bonchev–Trinajstić information content (AvgIpc) is 3.08. The Balaban J connectivity index is 1.86. The lowest BCUT2D eigenvalue weighted by molar-refractivity contribution is 0.515. The summed E-state index contributed by atoms with van der Waals surface area (Å²) in [7, 11) is 1.96. The molecule has 0 bridgehead atoms. The van der Waals surface area contributed by atoms with Crippen LogP contribution in [0, 0.1) is 0 Å². The maximum atomic E-state index is 2.67. The van der Waals surface area contributed by atoms with Crippen LogP contribution in [0.15, 0.2) is 84.9 Å². The molecule has 1 nitrogen and oxygen atoms in total. The van der Waals surface area contributed by atoms with Crippen LogP contribution in [0.25, 0.3) is 0 Å². The number of fused-ring (bicyclic) bond motifs is 1. The van der Waals surface area contributed by atoms with Gasteiger partial charge in [-0.25, -0.2) is 0 Å². The predicted molar refractivity (Wildman–Crippen MR) is 117 cm³/mol. The summed E-state index contributed by atoms with van der Waals surface area (Å²) < 4.78 is 2.67. The molecule has 0 amide bonds. The summed E-state index contributed by atoms with van der Waals surface area (Å²) in [6.45, 7) is 3.46. The van der Waals surface area contributed by atoms with Crippen LogP contribution >= 0.6 is 8.07 Å². The van der Waals surface area contributed by atoms with Crippen LogP contribution < -0.4 is 0 Å². The van der Waals surface area contributed by atoms with Gasteiger partial charge in [-0.1, -0.05) is 98.3 Å². The van der Waals surface area contributed by atoms with Gasteiger partial charge in [-0.15, -0.1) is 0 Å². The maximum Gasteiger partial charge on any atom is 0.0435 e. The Morgan fingerprint density at radius 3 is 1.59 bits per heavy atom. The van der Waals surface area contributed by atoms with Crippen molar-refractivity contribution in [1.82, 2.24) is 4.67 Å². The van der Waals surface area contributed by atoms with Crippen molar-refractivity contribution in [1.29, 1.82) is 0 Å². The summed E-state index contributed by atoms with van der Waals surface area (Å²) in [6, 6.07) is 31.4. The van der Waals surface area contributed by atoms with Crippen molar-refractivity contribution in [3.8, 4) is 0 Å². The summed E-state index contributed by atoms with van der Waals surface area (Å²) in [5, 5.41) is 0. The number of nitrogens with zero attached hydrogens (tertiary/aromatic N) is 1. The van der Waals surface area contributed by atoms with E-state index >= 15 is 0 Å². The van der Waals surface area contributed by atoms with Crippen molar-refractivity contribution in [2.45, 2.75) is 31.1 Å². The third kappa shape index (κ3) is 3.59. The van der Waals surface area contributed by atoms with Crippen LogP contribution in [0.4, 0.5) is 0 Å². The Hall–Kier alpha value is -1.95. The van der Waals surface area contributed by atoms with Gasteiger partial charge in [0.1, 0.15) is 0 Å². The van der Waals surface area contributed by atoms with Crippen LogP contribution in [-0.2, 0) is 0 Å². The lowest BCUT2D eigenvalue weighted by Crippen LogP contribution is -2.18. The molecule has 4 rings (SSSR count). The maximum absolute atomic E-state index is 2.67. The zero-order valence-electron chi connectivity index (χ0n) is 16.3. The molecular formula is C25H28NP. The van der Waals surface area contributed by atoms with Gasteiger partial charge in [0.25, 0.3) is 0 Å². The highest BCUT2D eigenvalue weighted by molar-refractivity contribution is 7.57. The molecule has 138 valence electrons. The Morgan fingerprint density at radius 1 is 0.704 bits per heavy atom. The molecule has 0 aliphatic carbocycles. The topological polar surface area (TPSA) is 3.24 Å². The Bertz CT molecular complexity index is 795. The number of benzene rings is 3. The van der Waals surface area contributed by atoms with E-state index in [1.165, 1.54) is 41.6 Å². The second-order valence-corrected chi connectivity index (χ2v) is 9.85. The lowest BCUT2D eigenvalue weighted by Gasteiger charge is -2.35. The third-order valence-electron chi connectivity index (χ3n) is 5.57. The molecule has 0 saturated carbocycles. The zero-order chi connectivity index (χ0) is 18.6. The molecule has 2 heteroatoms. The number of hydrogen-bond donors (Lipinski definition) is 0. The average molecular weight is 373 g/mol. The minimum Gasteiger partial charge on any atom is -0.284 e. The summed E-state index contributed by atoms with van der Waals surface area (Å²) in [6.07, 6.45) is 2.50. The fourth-order valence-electron chi connectivity index (χ4n) is 4.27. The van der Waals surface area contributed by atoms with E-state index in [1.54, 1.807) is 0 Å². The van der Waals surface area contributed by atoms with Gasteiger partial charge < -0.3 is 0 Å². The highest BCUT2D eigenvalue weighted by Crippen LogP contribution is 2.73. The van der Waals surface area contributed by atoms with E-state index in [-0.39, 0.29) is 0 Å². The summed E-state index contributed by atoms with van der Waals surface area (Å²) in [5.41, 5.74) is 6.91. The first-order valence-corrected chi connectivity index (χ1v) is 11.4. The first kappa shape index (κ1) is 18.4. The second kappa shape index (κ2) is 8.38. The van der Waals surface area contributed by atoms with Gasteiger partial charge in [0, 0.05) is 17.9 Å². The van der Waals surface area contributed by atoms with Crippen LogP contribution in [0.3, 0.4) is 0 Å². The predicted octanol–water partition coefficient (Wildman–Crippen LogP) is 7.01. The summed E-state index contributed by atoms with van der Waals surface area (Å²) in [4.78, 5) is 0. The molecule has 1 heterocycles. The first-order chi connectivity index (χ1) is 13.3. The molecule has 3 aromatic rings. The van der Waals surface area contributed by atoms with Gasteiger partial charge in [0.2, 0.25) is 0 Å². The van der Waals surface area contributed by atoms with Gasteiger partial charge in [-0.2, -0.15) is 0 Å². The van der Waals surface area contributed by atoms with Crippen molar-refractivity contribution in [2.75, 3.05) is 13.6 Å².